The fourth-order valence-corrected chi connectivity index (χ4v) is 11.3. The summed E-state index contributed by atoms with van der Waals surface area (Å²) in [6.07, 6.45) is -1.27. The minimum absolute atomic E-state index is 0.0779. The highest BCUT2D eigenvalue weighted by Crippen LogP contribution is 2.66. The Hall–Kier alpha value is -8.78. The molecule has 16 heteroatoms. The maximum Gasteiger partial charge on any atom is 0.329 e. The number of phenols is 1. The summed E-state index contributed by atoms with van der Waals surface area (Å²) >= 11 is 0. The van der Waals surface area contributed by atoms with Crippen molar-refractivity contribution in [3.8, 4) is 17.6 Å². The number of rotatable bonds is 11. The van der Waals surface area contributed by atoms with Crippen molar-refractivity contribution >= 4 is 52.8 Å². The van der Waals surface area contributed by atoms with Gasteiger partial charge >= 0.3 is 23.9 Å². The molecule has 386 valence electrons. The van der Waals surface area contributed by atoms with Gasteiger partial charge in [0.25, 0.3) is 0 Å². The molecule has 6 aromatic carbocycles. The second kappa shape index (κ2) is 21.6. The number of cyclic esters (lactones) is 1. The minimum Gasteiger partial charge on any atom is -0.508 e. The summed E-state index contributed by atoms with van der Waals surface area (Å²) < 4.78 is 21.9. The summed E-state index contributed by atoms with van der Waals surface area (Å²) in [5.41, 5.74) is 2.29. The number of benzene rings is 6. The Morgan fingerprint density at radius 1 is 0.750 bits per heavy atom. The quantitative estimate of drug-likeness (QED) is 0.0495. The number of methoxy groups -OCH3 is 2. The monoisotopic (exact) mass is 1020 g/mol. The van der Waals surface area contributed by atoms with Gasteiger partial charge in [-0.25, -0.2) is 9.69 Å². The third-order valence-electron chi connectivity index (χ3n) is 14.8. The van der Waals surface area contributed by atoms with E-state index in [1.165, 1.54) is 12.1 Å². The van der Waals surface area contributed by atoms with E-state index >= 15 is 19.2 Å². The molecule has 3 N–H and O–H groups in total. The molecule has 4 aliphatic rings. The third-order valence-corrected chi connectivity index (χ3v) is 14.8. The molecule has 0 aliphatic carbocycles. The minimum atomic E-state index is -2.15. The zero-order valence-electron chi connectivity index (χ0n) is 42.0. The van der Waals surface area contributed by atoms with Crippen LogP contribution in [-0.4, -0.2) is 92.3 Å². The number of imide groups is 1. The lowest BCUT2D eigenvalue weighted by Gasteiger charge is -2.46. The van der Waals surface area contributed by atoms with Crippen molar-refractivity contribution in [2.24, 2.45) is 11.8 Å². The summed E-state index contributed by atoms with van der Waals surface area (Å²) in [5.74, 6) is -1.12. The number of nitrogens with one attached hydrogen (secondary N) is 2. The van der Waals surface area contributed by atoms with Gasteiger partial charge in [-0.05, 0) is 89.3 Å². The van der Waals surface area contributed by atoms with Gasteiger partial charge in [0, 0.05) is 36.4 Å². The van der Waals surface area contributed by atoms with Crippen LogP contribution in [0.4, 0.5) is 21.9 Å². The summed E-state index contributed by atoms with van der Waals surface area (Å²) in [5, 5.41) is 17.0. The molecular weight excluding hydrogens is 967 g/mol. The molecule has 0 radical (unpaired) electrons. The van der Waals surface area contributed by atoms with Crippen LogP contribution in [0.25, 0.3) is 0 Å². The van der Waals surface area contributed by atoms with Gasteiger partial charge in [-0.2, -0.15) is 0 Å². The number of fused-ring (bicyclic) bond motifs is 3. The van der Waals surface area contributed by atoms with Crippen molar-refractivity contribution in [2.75, 3.05) is 55.6 Å². The number of nitrogens with zero attached hydrogens (tertiary/aromatic N) is 3. The molecule has 4 heterocycles. The normalized spacial score (nSPS) is 22.1. The van der Waals surface area contributed by atoms with Crippen LogP contribution in [0.2, 0.25) is 0 Å². The van der Waals surface area contributed by atoms with Crippen molar-refractivity contribution in [3.63, 3.8) is 0 Å². The number of anilines is 3. The molecule has 0 aromatic heterocycles. The highest BCUT2D eigenvalue weighted by molar-refractivity contribution is 6.25. The zero-order valence-corrected chi connectivity index (χ0v) is 42.0. The predicted octanol–water partition coefficient (Wildman–Crippen LogP) is 7.71. The number of carbonyl (C=O) groups excluding carboxylic acids is 6. The van der Waals surface area contributed by atoms with E-state index in [-0.39, 0.29) is 29.0 Å². The van der Waals surface area contributed by atoms with Gasteiger partial charge in [-0.15, -0.1) is 0 Å². The van der Waals surface area contributed by atoms with Gasteiger partial charge in [0.1, 0.15) is 23.3 Å². The van der Waals surface area contributed by atoms with E-state index in [2.05, 4.69) is 27.4 Å². The molecule has 1 spiro atoms. The van der Waals surface area contributed by atoms with Crippen LogP contribution >= 0.6 is 0 Å². The second-order valence-electron chi connectivity index (χ2n) is 19.1. The summed E-state index contributed by atoms with van der Waals surface area (Å²) in [6.45, 7) is 4.29. The van der Waals surface area contributed by atoms with Crippen LogP contribution < -0.4 is 20.4 Å². The van der Waals surface area contributed by atoms with E-state index in [0.717, 1.165) is 30.4 Å². The van der Waals surface area contributed by atoms with Crippen molar-refractivity contribution < 1.29 is 52.8 Å². The Morgan fingerprint density at radius 3 is 2.00 bits per heavy atom. The van der Waals surface area contributed by atoms with Crippen molar-refractivity contribution in [3.05, 3.63) is 191 Å². The molecule has 3 saturated heterocycles. The van der Waals surface area contributed by atoms with E-state index in [4.69, 9.17) is 18.9 Å². The van der Waals surface area contributed by atoms with Gasteiger partial charge in [0.2, 0.25) is 11.8 Å². The highest BCUT2D eigenvalue weighted by atomic mass is 16.6. The lowest BCUT2D eigenvalue weighted by molar-refractivity contribution is -0.178. The number of carbonyl (C=O) groups is 6. The van der Waals surface area contributed by atoms with Crippen LogP contribution in [-0.2, 0) is 48.3 Å². The molecule has 4 aliphatic heterocycles. The third kappa shape index (κ3) is 9.28. The van der Waals surface area contributed by atoms with Gasteiger partial charge < -0.3 is 39.6 Å². The molecule has 6 aromatic rings. The standard InChI is InChI=1S/C60H55N5O11/c1-37(39-15-7-4-8-16-39)61-59(72)64-48-31-22-38(14-13-21-46(55(68)73-2)56(69)74-3)36-47(48)60(58(64)71)49(54(67)62-43-25-27-44(28-26-43)63-32-34-75-35-33-63)51-57(70)76-52(41-19-11-6-12-20-41)50(40-17-9-5-10-18-40)65(51)53(60)42-23-29-45(66)30-24-42/h4-12,15-20,22-31,36-37,46,49-53,66H,21,32-35H2,1-3H3,(H,61,72)(H,62,67)/t37-,49-,50-,51-,52+,53+,60-/m1/s1. The fraction of sp³-hybridized carbons (Fsp3) is 0.267. The van der Waals surface area contributed by atoms with E-state index in [1.54, 1.807) is 49.4 Å². The first-order chi connectivity index (χ1) is 36.9. The predicted molar refractivity (Wildman–Crippen MR) is 281 cm³/mol. The molecule has 0 saturated carbocycles. The summed E-state index contributed by atoms with van der Waals surface area (Å²) in [7, 11) is 2.30. The maximum atomic E-state index is 16.8. The first kappa shape index (κ1) is 50.7. The molecule has 4 amide bonds. The first-order valence-corrected chi connectivity index (χ1v) is 25.0. The van der Waals surface area contributed by atoms with Crippen molar-refractivity contribution in [1.82, 2.24) is 10.2 Å². The number of esters is 3. The number of phenolic OH excluding ortho intramolecular Hbond substituents is 1. The lowest BCUT2D eigenvalue weighted by Crippen LogP contribution is -2.55. The molecule has 0 bridgehead atoms. The van der Waals surface area contributed by atoms with Gasteiger partial charge in [-0.3, -0.25) is 28.9 Å². The Balaban J connectivity index is 1.22. The summed E-state index contributed by atoms with van der Waals surface area (Å²) in [6, 6.07) is 41.2. The smallest absolute Gasteiger partial charge is 0.329 e. The lowest BCUT2D eigenvalue weighted by atomic mass is 9.65. The van der Waals surface area contributed by atoms with Crippen molar-refractivity contribution in [2.45, 2.75) is 49.0 Å². The number of ether oxygens (including phenoxy) is 4. The van der Waals surface area contributed by atoms with Gasteiger partial charge in [0.05, 0.1) is 57.2 Å². The highest BCUT2D eigenvalue weighted by Gasteiger charge is 2.75. The first-order valence-electron chi connectivity index (χ1n) is 25.0. The van der Waals surface area contributed by atoms with Crippen LogP contribution in [0.15, 0.2) is 158 Å². The van der Waals surface area contributed by atoms with Gasteiger partial charge in [0.15, 0.2) is 5.92 Å². The molecule has 10 rings (SSSR count). The molecule has 16 nitrogen and oxygen atoms in total. The molecule has 76 heavy (non-hydrogen) atoms. The molecule has 7 atom stereocenters. The largest absolute Gasteiger partial charge is 0.508 e. The summed E-state index contributed by atoms with van der Waals surface area (Å²) in [4.78, 5) is 94.2. The number of urea groups is 1. The fourth-order valence-electron chi connectivity index (χ4n) is 11.3. The van der Waals surface area contributed by atoms with E-state index in [1.807, 2.05) is 108 Å². The maximum absolute atomic E-state index is 16.8. The van der Waals surface area contributed by atoms with E-state index in [0.29, 0.717) is 48.7 Å². The SMILES string of the molecule is COC(=O)C(CC#Cc1ccc2c(c1)[C@]1(C(=O)N2C(=O)N[C@H](C)c2ccccc2)[C@H](c2ccc(O)cc2)N2[C@H](c3ccccc3)[C@H](c3ccccc3)OC(=O)[C@H]2[C@@H]1C(=O)Nc1ccc(N2CCOCC2)cc1)C(=O)OC. The van der Waals surface area contributed by atoms with Crippen LogP contribution in [0, 0.1) is 23.7 Å². The number of morpholine rings is 2. The van der Waals surface area contributed by atoms with E-state index in [9.17, 15) is 14.7 Å². The Morgan fingerprint density at radius 2 is 1.37 bits per heavy atom. The van der Waals surface area contributed by atoms with Gasteiger partial charge in [-0.1, -0.05) is 115 Å². The Labute approximate surface area is 439 Å². The second-order valence-corrected chi connectivity index (χ2v) is 19.1. The number of aromatic hydroxyl groups is 1. The number of hydrogen-bond donors (Lipinski definition) is 3. The Bertz CT molecular complexity index is 3200. The van der Waals surface area contributed by atoms with Crippen LogP contribution in [0.5, 0.6) is 5.75 Å². The molecule has 3 fully saturated rings. The van der Waals surface area contributed by atoms with Crippen LogP contribution in [0.3, 0.4) is 0 Å². The van der Waals surface area contributed by atoms with Crippen LogP contribution in [0.1, 0.15) is 71.0 Å². The number of amides is 4. The molecular formula is C60H55N5O11. The molecule has 0 unspecified atom stereocenters. The van der Waals surface area contributed by atoms with Crippen molar-refractivity contribution in [1.29, 1.82) is 0 Å². The Kier molecular flexibility index (Phi) is 14.4. The topological polar surface area (TPSA) is 193 Å². The average molecular weight is 1020 g/mol. The number of hydrogen-bond acceptors (Lipinski definition) is 13. The average Bonchev–Trinajstić information content (AvgIpc) is 4.11. The van der Waals surface area contributed by atoms with E-state index < -0.39 is 83.3 Å². The zero-order chi connectivity index (χ0) is 53.1.